The second-order valence-corrected chi connectivity index (χ2v) is 5.17. The van der Waals surface area contributed by atoms with Gasteiger partial charge in [0.15, 0.2) is 0 Å². The van der Waals surface area contributed by atoms with Gasteiger partial charge in [0.25, 0.3) is 0 Å². The minimum Gasteiger partial charge on any atom is -0.388 e. The van der Waals surface area contributed by atoms with Crippen molar-refractivity contribution in [2.75, 3.05) is 33.9 Å². The molecule has 0 spiro atoms. The summed E-state index contributed by atoms with van der Waals surface area (Å²) >= 11 is 0. The van der Waals surface area contributed by atoms with Gasteiger partial charge in [0.2, 0.25) is 5.91 Å². The van der Waals surface area contributed by atoms with Crippen LogP contribution in [-0.4, -0.2) is 61.5 Å². The summed E-state index contributed by atoms with van der Waals surface area (Å²) in [4.78, 5) is 13.5. The Morgan fingerprint density at radius 2 is 2.11 bits per heavy atom. The van der Waals surface area contributed by atoms with Gasteiger partial charge in [-0.2, -0.15) is 0 Å². The summed E-state index contributed by atoms with van der Waals surface area (Å²) in [5.74, 6) is 0.0545. The zero-order valence-corrected chi connectivity index (χ0v) is 11.6. The molecule has 1 saturated heterocycles. The number of aliphatic hydroxyl groups is 1. The van der Waals surface area contributed by atoms with Crippen molar-refractivity contribution in [2.24, 2.45) is 0 Å². The number of nitrogens with zero attached hydrogens (tertiary/aromatic N) is 1. The van der Waals surface area contributed by atoms with Gasteiger partial charge in [-0.3, -0.25) is 4.79 Å². The fourth-order valence-corrected chi connectivity index (χ4v) is 2.07. The molecule has 1 rings (SSSR count). The zero-order valence-electron chi connectivity index (χ0n) is 11.6. The van der Waals surface area contributed by atoms with Crippen molar-refractivity contribution < 1.29 is 19.4 Å². The van der Waals surface area contributed by atoms with Crippen LogP contribution in [0.4, 0.5) is 0 Å². The van der Waals surface area contributed by atoms with E-state index in [-0.39, 0.29) is 12.0 Å². The second-order valence-electron chi connectivity index (χ2n) is 5.17. The molecule has 106 valence electrons. The van der Waals surface area contributed by atoms with Crippen molar-refractivity contribution >= 4 is 5.91 Å². The predicted molar refractivity (Wildman–Crippen MR) is 68.3 cm³/mol. The standard InChI is InChI=1S/C13H25NO4/c1-11(17-3)4-5-12(15)14(2)10-13(16)6-8-18-9-7-13/h11,16H,4-10H2,1-3H3. The van der Waals surface area contributed by atoms with E-state index in [1.165, 1.54) is 0 Å². The molecule has 0 saturated carbocycles. The summed E-state index contributed by atoms with van der Waals surface area (Å²) in [7, 11) is 3.39. The Morgan fingerprint density at radius 3 is 2.67 bits per heavy atom. The van der Waals surface area contributed by atoms with Gasteiger partial charge < -0.3 is 19.5 Å². The lowest BCUT2D eigenvalue weighted by Gasteiger charge is -2.35. The topological polar surface area (TPSA) is 59.0 Å². The van der Waals surface area contributed by atoms with Crippen LogP contribution in [0.15, 0.2) is 0 Å². The minimum absolute atomic E-state index is 0.0545. The fourth-order valence-electron chi connectivity index (χ4n) is 2.07. The number of carbonyl (C=O) groups is 1. The molecule has 5 nitrogen and oxygen atoms in total. The van der Waals surface area contributed by atoms with Crippen molar-refractivity contribution in [3.05, 3.63) is 0 Å². The van der Waals surface area contributed by atoms with E-state index in [9.17, 15) is 9.90 Å². The van der Waals surface area contributed by atoms with E-state index in [0.29, 0.717) is 45.4 Å². The summed E-state index contributed by atoms with van der Waals surface area (Å²) in [5, 5.41) is 10.3. The summed E-state index contributed by atoms with van der Waals surface area (Å²) in [6.07, 6.45) is 2.45. The number of rotatable bonds is 6. The van der Waals surface area contributed by atoms with Gasteiger partial charge in [-0.05, 0) is 13.3 Å². The Kier molecular flexibility index (Phi) is 6.05. The molecule has 0 radical (unpaired) electrons. The van der Waals surface area contributed by atoms with E-state index in [1.807, 2.05) is 6.92 Å². The van der Waals surface area contributed by atoms with Crippen LogP contribution < -0.4 is 0 Å². The SMILES string of the molecule is COC(C)CCC(=O)N(C)CC1(O)CCOCC1. The lowest BCUT2D eigenvalue weighted by atomic mass is 9.94. The fraction of sp³-hybridized carbons (Fsp3) is 0.923. The molecule has 1 atom stereocenters. The highest BCUT2D eigenvalue weighted by molar-refractivity contribution is 5.75. The summed E-state index contributed by atoms with van der Waals surface area (Å²) in [5.41, 5.74) is -0.782. The zero-order chi connectivity index (χ0) is 13.6. The van der Waals surface area contributed by atoms with E-state index in [0.717, 1.165) is 0 Å². The largest absolute Gasteiger partial charge is 0.388 e. The number of amides is 1. The van der Waals surface area contributed by atoms with Crippen molar-refractivity contribution in [1.29, 1.82) is 0 Å². The van der Waals surface area contributed by atoms with Gasteiger partial charge in [-0.25, -0.2) is 0 Å². The van der Waals surface area contributed by atoms with Crippen molar-refractivity contribution in [2.45, 2.75) is 44.3 Å². The molecule has 0 aliphatic carbocycles. The number of hydrogen-bond donors (Lipinski definition) is 1. The lowest BCUT2D eigenvalue weighted by molar-refractivity contribution is -0.137. The first-order chi connectivity index (χ1) is 8.47. The van der Waals surface area contributed by atoms with Gasteiger partial charge in [0.1, 0.15) is 0 Å². The van der Waals surface area contributed by atoms with Crippen LogP contribution in [0.25, 0.3) is 0 Å². The number of ether oxygens (including phenoxy) is 2. The Bertz CT molecular complexity index is 264. The highest BCUT2D eigenvalue weighted by Crippen LogP contribution is 2.21. The highest BCUT2D eigenvalue weighted by atomic mass is 16.5. The first-order valence-electron chi connectivity index (χ1n) is 6.54. The van der Waals surface area contributed by atoms with Crippen molar-refractivity contribution in [3.63, 3.8) is 0 Å². The summed E-state index contributed by atoms with van der Waals surface area (Å²) in [6.45, 7) is 3.47. The van der Waals surface area contributed by atoms with E-state index >= 15 is 0 Å². The molecule has 5 heteroatoms. The average Bonchev–Trinajstić information content (AvgIpc) is 2.35. The van der Waals surface area contributed by atoms with Crippen molar-refractivity contribution in [3.8, 4) is 0 Å². The van der Waals surface area contributed by atoms with Gasteiger partial charge in [0, 0.05) is 53.2 Å². The first kappa shape index (κ1) is 15.4. The monoisotopic (exact) mass is 259 g/mol. The number of likely N-dealkylation sites (N-methyl/N-ethyl adjacent to an activating group) is 1. The third-order valence-corrected chi connectivity index (χ3v) is 3.55. The van der Waals surface area contributed by atoms with Crippen LogP contribution in [-0.2, 0) is 14.3 Å². The summed E-state index contributed by atoms with van der Waals surface area (Å²) < 4.78 is 10.3. The number of carbonyl (C=O) groups excluding carboxylic acids is 1. The highest BCUT2D eigenvalue weighted by Gasteiger charge is 2.32. The van der Waals surface area contributed by atoms with E-state index in [1.54, 1.807) is 19.1 Å². The first-order valence-corrected chi connectivity index (χ1v) is 6.54. The maximum absolute atomic E-state index is 11.9. The maximum atomic E-state index is 11.9. The molecule has 1 heterocycles. The van der Waals surface area contributed by atoms with Gasteiger partial charge in [-0.1, -0.05) is 0 Å². The quantitative estimate of drug-likeness (QED) is 0.766. The number of hydrogen-bond acceptors (Lipinski definition) is 4. The summed E-state index contributed by atoms with van der Waals surface area (Å²) in [6, 6.07) is 0. The van der Waals surface area contributed by atoms with Crippen LogP contribution in [0.3, 0.4) is 0 Å². The molecule has 1 aliphatic rings. The smallest absolute Gasteiger partial charge is 0.222 e. The Morgan fingerprint density at radius 1 is 1.50 bits per heavy atom. The molecule has 18 heavy (non-hydrogen) atoms. The molecule has 0 aromatic rings. The molecule has 1 unspecified atom stereocenters. The van der Waals surface area contributed by atoms with Gasteiger partial charge in [0.05, 0.1) is 11.7 Å². The Labute approximate surface area is 109 Å². The maximum Gasteiger partial charge on any atom is 0.222 e. The average molecular weight is 259 g/mol. The third-order valence-electron chi connectivity index (χ3n) is 3.55. The lowest BCUT2D eigenvalue weighted by Crippen LogP contribution is -2.47. The predicted octanol–water partition coefficient (Wildman–Crippen LogP) is 0.801. The molecule has 1 aliphatic heterocycles. The van der Waals surface area contributed by atoms with Crippen LogP contribution in [0.5, 0.6) is 0 Å². The van der Waals surface area contributed by atoms with E-state index in [2.05, 4.69) is 0 Å². The molecule has 1 amide bonds. The third kappa shape index (κ3) is 4.92. The van der Waals surface area contributed by atoms with Crippen LogP contribution >= 0.6 is 0 Å². The molecule has 1 fully saturated rings. The molecule has 1 N–H and O–H groups in total. The van der Waals surface area contributed by atoms with Crippen LogP contribution in [0, 0.1) is 0 Å². The molecular formula is C13H25NO4. The normalized spacial score (nSPS) is 20.4. The van der Waals surface area contributed by atoms with E-state index < -0.39 is 5.60 Å². The van der Waals surface area contributed by atoms with Gasteiger partial charge >= 0.3 is 0 Å². The molecular weight excluding hydrogens is 234 g/mol. The van der Waals surface area contributed by atoms with E-state index in [4.69, 9.17) is 9.47 Å². The number of methoxy groups -OCH3 is 1. The Balaban J connectivity index is 2.34. The second kappa shape index (κ2) is 7.07. The molecule has 0 aromatic carbocycles. The van der Waals surface area contributed by atoms with Crippen molar-refractivity contribution in [1.82, 2.24) is 4.90 Å². The van der Waals surface area contributed by atoms with Crippen LogP contribution in [0.2, 0.25) is 0 Å². The Hall–Kier alpha value is -0.650. The van der Waals surface area contributed by atoms with Gasteiger partial charge in [-0.15, -0.1) is 0 Å². The van der Waals surface area contributed by atoms with Crippen LogP contribution in [0.1, 0.15) is 32.6 Å². The molecule has 0 bridgehead atoms. The minimum atomic E-state index is -0.782. The molecule has 0 aromatic heterocycles.